The fourth-order valence-corrected chi connectivity index (χ4v) is 0.960. The average molecular weight is 165 g/mol. The third-order valence-corrected chi connectivity index (χ3v) is 1.57. The minimum atomic E-state index is 0.433. The maximum atomic E-state index is 8.60. The molecule has 64 valence electrons. The van der Waals surface area contributed by atoms with E-state index in [-0.39, 0.29) is 0 Å². The zero-order valence-corrected chi connectivity index (χ0v) is 6.86. The summed E-state index contributed by atoms with van der Waals surface area (Å²) in [7, 11) is 0. The van der Waals surface area contributed by atoms with Gasteiger partial charge in [0.05, 0.1) is 5.71 Å². The summed E-state index contributed by atoms with van der Waals surface area (Å²) >= 11 is 0. The highest BCUT2D eigenvalue weighted by atomic mass is 16.4. The number of pyridine rings is 1. The van der Waals surface area contributed by atoms with E-state index in [2.05, 4.69) is 10.1 Å². The molecule has 0 saturated carbocycles. The number of hydrogen-bond donors (Lipinski definition) is 2. The van der Waals surface area contributed by atoms with Crippen molar-refractivity contribution in [2.24, 2.45) is 5.16 Å². The number of nitrogen functional groups attached to an aromatic ring is 1. The number of rotatable bonds is 2. The predicted molar refractivity (Wildman–Crippen MR) is 47.3 cm³/mol. The molecule has 4 nitrogen and oxygen atoms in total. The topological polar surface area (TPSA) is 71.5 Å². The Morgan fingerprint density at radius 3 is 3.00 bits per heavy atom. The van der Waals surface area contributed by atoms with Crippen molar-refractivity contribution in [3.63, 3.8) is 0 Å². The molecule has 1 heterocycles. The second kappa shape index (κ2) is 3.71. The van der Waals surface area contributed by atoms with Gasteiger partial charge in [0.25, 0.3) is 0 Å². The number of hydrogen-bond acceptors (Lipinski definition) is 4. The Labute approximate surface area is 70.7 Å². The lowest BCUT2D eigenvalue weighted by Gasteiger charge is -2.00. The maximum Gasteiger partial charge on any atom is 0.123 e. The summed E-state index contributed by atoms with van der Waals surface area (Å²) in [6.07, 6.45) is 2.26. The summed E-state index contributed by atoms with van der Waals surface area (Å²) in [5.41, 5.74) is 6.89. The predicted octanol–water partition coefficient (Wildman–Crippen LogP) is 1.25. The highest BCUT2D eigenvalue weighted by molar-refractivity contribution is 6.00. The third kappa shape index (κ3) is 1.72. The van der Waals surface area contributed by atoms with E-state index in [1.807, 2.05) is 6.92 Å². The molecule has 1 aromatic heterocycles. The van der Waals surface area contributed by atoms with Crippen LogP contribution in [0.4, 0.5) is 5.82 Å². The number of nitrogens with two attached hydrogens (primary N) is 1. The average Bonchev–Trinajstić information content (AvgIpc) is 2.07. The Kier molecular flexibility index (Phi) is 2.63. The number of anilines is 1. The molecule has 0 aliphatic rings. The molecule has 3 N–H and O–H groups in total. The molecule has 0 unspecified atom stereocenters. The van der Waals surface area contributed by atoms with Gasteiger partial charge in [0, 0.05) is 11.8 Å². The van der Waals surface area contributed by atoms with Crippen molar-refractivity contribution in [2.45, 2.75) is 13.3 Å². The van der Waals surface area contributed by atoms with E-state index in [4.69, 9.17) is 10.9 Å². The fourth-order valence-electron chi connectivity index (χ4n) is 0.960. The molecule has 0 fully saturated rings. The van der Waals surface area contributed by atoms with Gasteiger partial charge in [0.15, 0.2) is 0 Å². The van der Waals surface area contributed by atoms with Gasteiger partial charge < -0.3 is 10.9 Å². The van der Waals surface area contributed by atoms with E-state index in [1.165, 1.54) is 0 Å². The molecular weight excluding hydrogens is 154 g/mol. The minimum absolute atomic E-state index is 0.433. The van der Waals surface area contributed by atoms with Gasteiger partial charge in [-0.05, 0) is 18.6 Å². The Morgan fingerprint density at radius 1 is 1.75 bits per heavy atom. The van der Waals surface area contributed by atoms with Crippen LogP contribution in [0.3, 0.4) is 0 Å². The van der Waals surface area contributed by atoms with Crippen molar-refractivity contribution < 1.29 is 5.21 Å². The van der Waals surface area contributed by atoms with E-state index in [9.17, 15) is 0 Å². The maximum absolute atomic E-state index is 8.60. The number of oxime groups is 1. The molecule has 0 spiro atoms. The Hall–Kier alpha value is -1.58. The van der Waals surface area contributed by atoms with Crippen molar-refractivity contribution in [1.82, 2.24) is 4.98 Å². The van der Waals surface area contributed by atoms with E-state index in [1.54, 1.807) is 18.3 Å². The van der Waals surface area contributed by atoms with Crippen LogP contribution in [0, 0.1) is 0 Å². The van der Waals surface area contributed by atoms with Crippen molar-refractivity contribution in [3.05, 3.63) is 23.9 Å². The molecule has 12 heavy (non-hydrogen) atoms. The van der Waals surface area contributed by atoms with E-state index < -0.39 is 0 Å². The lowest BCUT2D eigenvalue weighted by molar-refractivity contribution is 0.318. The summed E-state index contributed by atoms with van der Waals surface area (Å²) in [6, 6.07) is 3.44. The van der Waals surface area contributed by atoms with Gasteiger partial charge in [-0.1, -0.05) is 12.1 Å². The first-order valence-corrected chi connectivity index (χ1v) is 3.70. The summed E-state index contributed by atoms with van der Waals surface area (Å²) in [5.74, 6) is 0.433. The zero-order valence-electron chi connectivity index (χ0n) is 6.86. The first kappa shape index (κ1) is 8.52. The van der Waals surface area contributed by atoms with E-state index in [0.717, 1.165) is 5.56 Å². The van der Waals surface area contributed by atoms with Gasteiger partial charge in [0.1, 0.15) is 5.82 Å². The van der Waals surface area contributed by atoms with Crippen molar-refractivity contribution in [1.29, 1.82) is 0 Å². The standard InChI is InChI=1S/C8H11N3O/c1-2-7(11-12)6-3-4-10-8(9)5-6/h3-5,12H,2H2,1H3,(H2,9,10). The molecule has 0 amide bonds. The highest BCUT2D eigenvalue weighted by Crippen LogP contribution is 2.06. The van der Waals surface area contributed by atoms with Crippen LogP contribution < -0.4 is 5.73 Å². The SMILES string of the molecule is CCC(=NO)c1ccnc(N)c1. The lowest BCUT2D eigenvalue weighted by atomic mass is 10.1. The van der Waals surface area contributed by atoms with Crippen LogP contribution in [0.2, 0.25) is 0 Å². The molecule has 1 rings (SSSR count). The molecule has 0 aromatic carbocycles. The van der Waals surface area contributed by atoms with Crippen molar-refractivity contribution >= 4 is 11.5 Å². The molecule has 1 aromatic rings. The number of aromatic nitrogens is 1. The van der Waals surface area contributed by atoms with Crippen LogP contribution in [0.1, 0.15) is 18.9 Å². The Bertz CT molecular complexity index is 296. The van der Waals surface area contributed by atoms with Crippen LogP contribution >= 0.6 is 0 Å². The highest BCUT2D eigenvalue weighted by Gasteiger charge is 2.01. The Morgan fingerprint density at radius 2 is 2.50 bits per heavy atom. The monoisotopic (exact) mass is 165 g/mol. The molecule has 0 aliphatic heterocycles. The van der Waals surface area contributed by atoms with Gasteiger partial charge in [-0.3, -0.25) is 0 Å². The summed E-state index contributed by atoms with van der Waals surface area (Å²) in [4.78, 5) is 3.83. The second-order valence-corrected chi connectivity index (χ2v) is 2.37. The molecular formula is C8H11N3O. The van der Waals surface area contributed by atoms with Gasteiger partial charge in [-0.2, -0.15) is 0 Å². The quantitative estimate of drug-likeness (QED) is 0.393. The van der Waals surface area contributed by atoms with Gasteiger partial charge in [-0.15, -0.1) is 0 Å². The van der Waals surface area contributed by atoms with Crippen LogP contribution in [-0.4, -0.2) is 15.9 Å². The molecule has 4 heteroatoms. The number of nitrogens with zero attached hydrogens (tertiary/aromatic N) is 2. The molecule has 0 radical (unpaired) electrons. The summed E-state index contributed by atoms with van der Waals surface area (Å²) in [6.45, 7) is 1.91. The normalized spacial score (nSPS) is 11.6. The third-order valence-electron chi connectivity index (χ3n) is 1.57. The summed E-state index contributed by atoms with van der Waals surface area (Å²) in [5, 5.41) is 11.7. The first-order chi connectivity index (χ1) is 5.77. The first-order valence-electron chi connectivity index (χ1n) is 3.70. The fraction of sp³-hybridized carbons (Fsp3) is 0.250. The molecule has 0 aliphatic carbocycles. The molecule has 0 atom stereocenters. The smallest absolute Gasteiger partial charge is 0.123 e. The van der Waals surface area contributed by atoms with Crippen molar-refractivity contribution in [3.8, 4) is 0 Å². The van der Waals surface area contributed by atoms with Gasteiger partial charge >= 0.3 is 0 Å². The van der Waals surface area contributed by atoms with Crippen LogP contribution in [-0.2, 0) is 0 Å². The minimum Gasteiger partial charge on any atom is -0.411 e. The lowest BCUT2D eigenvalue weighted by Crippen LogP contribution is -2.00. The van der Waals surface area contributed by atoms with Gasteiger partial charge in [-0.25, -0.2) is 4.98 Å². The Balaban J connectivity index is 3.02. The molecule has 0 saturated heterocycles. The van der Waals surface area contributed by atoms with Gasteiger partial charge in [0.2, 0.25) is 0 Å². The van der Waals surface area contributed by atoms with E-state index >= 15 is 0 Å². The second-order valence-electron chi connectivity index (χ2n) is 2.37. The summed E-state index contributed by atoms with van der Waals surface area (Å²) < 4.78 is 0. The van der Waals surface area contributed by atoms with Crippen molar-refractivity contribution in [2.75, 3.05) is 5.73 Å². The zero-order chi connectivity index (χ0) is 8.97. The largest absolute Gasteiger partial charge is 0.411 e. The van der Waals surface area contributed by atoms with Crippen LogP contribution in [0.25, 0.3) is 0 Å². The van der Waals surface area contributed by atoms with E-state index in [0.29, 0.717) is 18.0 Å². The van der Waals surface area contributed by atoms with Crippen LogP contribution in [0.15, 0.2) is 23.5 Å². The molecule has 0 bridgehead atoms. The van der Waals surface area contributed by atoms with Crippen LogP contribution in [0.5, 0.6) is 0 Å².